The Morgan fingerprint density at radius 2 is 1.75 bits per heavy atom. The van der Waals surface area contributed by atoms with Crippen LogP contribution in [0.2, 0.25) is 5.02 Å². The fraction of sp³-hybridized carbons (Fsp3) is 0.391. The van der Waals surface area contributed by atoms with E-state index in [9.17, 15) is 18.0 Å². The normalized spacial score (nSPS) is 17.0. The van der Waals surface area contributed by atoms with Gasteiger partial charge in [0.1, 0.15) is 6.04 Å². The van der Waals surface area contributed by atoms with E-state index in [0.29, 0.717) is 24.4 Å². The zero-order chi connectivity index (χ0) is 23.1. The van der Waals surface area contributed by atoms with Crippen LogP contribution in [-0.4, -0.2) is 44.3 Å². The average molecular weight is 479 g/mol. The van der Waals surface area contributed by atoms with Gasteiger partial charge in [-0.2, -0.15) is 4.31 Å². The van der Waals surface area contributed by atoms with Crippen molar-refractivity contribution in [2.45, 2.75) is 49.6 Å². The Balaban J connectivity index is 1.88. The van der Waals surface area contributed by atoms with Gasteiger partial charge in [0.2, 0.25) is 15.9 Å². The van der Waals surface area contributed by atoms with Crippen LogP contribution in [0, 0.1) is 0 Å². The van der Waals surface area contributed by atoms with E-state index < -0.39 is 16.1 Å². The van der Waals surface area contributed by atoms with Crippen molar-refractivity contribution in [3.8, 4) is 0 Å². The molecule has 1 amide bonds. The average Bonchev–Trinajstić information content (AvgIpc) is 3.00. The number of nitrogens with one attached hydrogen (secondary N) is 1. The maximum atomic E-state index is 13.5. The molecule has 0 aliphatic carbocycles. The molecule has 1 fully saturated rings. The first-order valence-electron chi connectivity index (χ1n) is 10.5. The van der Waals surface area contributed by atoms with Crippen molar-refractivity contribution in [1.29, 1.82) is 0 Å². The Labute approximate surface area is 193 Å². The second kappa shape index (κ2) is 10.9. The van der Waals surface area contributed by atoms with Gasteiger partial charge in [0, 0.05) is 24.5 Å². The summed E-state index contributed by atoms with van der Waals surface area (Å²) >= 11 is 5.93. The molecule has 1 saturated heterocycles. The van der Waals surface area contributed by atoms with E-state index in [1.807, 2.05) is 24.3 Å². The van der Waals surface area contributed by atoms with Crippen molar-refractivity contribution in [1.82, 2.24) is 9.62 Å². The molecule has 32 heavy (non-hydrogen) atoms. The van der Waals surface area contributed by atoms with Gasteiger partial charge in [0.15, 0.2) is 0 Å². The zero-order valence-corrected chi connectivity index (χ0v) is 19.5. The molecule has 9 heteroatoms. The summed E-state index contributed by atoms with van der Waals surface area (Å²) in [5.74, 6) is -0.566. The molecule has 1 atom stereocenters. The van der Waals surface area contributed by atoms with E-state index >= 15 is 0 Å². The lowest BCUT2D eigenvalue weighted by Gasteiger charge is -2.29. The van der Waals surface area contributed by atoms with Gasteiger partial charge in [-0.05, 0) is 61.1 Å². The second-order valence-corrected chi connectivity index (χ2v) is 10.0. The molecule has 1 aliphatic heterocycles. The van der Waals surface area contributed by atoms with Crippen LogP contribution in [0.15, 0.2) is 53.4 Å². The number of hydrogen-bond acceptors (Lipinski definition) is 5. The summed E-state index contributed by atoms with van der Waals surface area (Å²) < 4.78 is 33.0. The van der Waals surface area contributed by atoms with Gasteiger partial charge >= 0.3 is 5.97 Å². The summed E-state index contributed by atoms with van der Waals surface area (Å²) in [6.45, 7) is 0.597. The summed E-state index contributed by atoms with van der Waals surface area (Å²) in [6.07, 6.45) is 2.82. The van der Waals surface area contributed by atoms with Crippen molar-refractivity contribution in [3.05, 3.63) is 64.7 Å². The summed E-state index contributed by atoms with van der Waals surface area (Å²) in [5, 5.41) is 3.26. The van der Waals surface area contributed by atoms with Crippen LogP contribution >= 0.6 is 11.6 Å². The minimum Gasteiger partial charge on any atom is -0.469 e. The summed E-state index contributed by atoms with van der Waals surface area (Å²) in [7, 11) is -2.60. The minimum absolute atomic E-state index is 0.0559. The SMILES string of the molecule is COC(=O)CCc1ccc(CN(C2CCCCNC2=O)S(=O)(=O)c2ccc(Cl)cc2)cc1. The van der Waals surface area contributed by atoms with Gasteiger partial charge in [-0.1, -0.05) is 35.9 Å². The van der Waals surface area contributed by atoms with E-state index in [1.54, 1.807) is 0 Å². The van der Waals surface area contributed by atoms with Crippen LogP contribution in [0.25, 0.3) is 0 Å². The number of amides is 1. The Morgan fingerprint density at radius 3 is 2.41 bits per heavy atom. The number of halogens is 1. The molecule has 2 aromatic rings. The smallest absolute Gasteiger partial charge is 0.305 e. The van der Waals surface area contributed by atoms with Gasteiger partial charge in [-0.15, -0.1) is 0 Å². The molecular weight excluding hydrogens is 452 g/mol. The lowest BCUT2D eigenvalue weighted by Crippen LogP contribution is -2.48. The number of nitrogens with zero attached hydrogens (tertiary/aromatic N) is 1. The van der Waals surface area contributed by atoms with E-state index in [2.05, 4.69) is 10.1 Å². The number of hydrogen-bond donors (Lipinski definition) is 1. The first kappa shape index (κ1) is 24.2. The maximum absolute atomic E-state index is 13.5. The third-order valence-electron chi connectivity index (χ3n) is 5.48. The number of esters is 1. The van der Waals surface area contributed by atoms with E-state index in [1.165, 1.54) is 35.7 Å². The zero-order valence-electron chi connectivity index (χ0n) is 17.9. The third-order valence-corrected chi connectivity index (χ3v) is 7.60. The standard InChI is InChI=1S/C23H27ClN2O5S/c1-31-22(27)14-9-17-5-7-18(8-6-17)16-26(21-4-2-3-15-25-23(21)28)32(29,30)20-12-10-19(24)11-13-20/h5-8,10-13,21H,2-4,9,14-16H2,1H3,(H,25,28). The molecule has 0 saturated carbocycles. The molecule has 0 bridgehead atoms. The van der Waals surface area contributed by atoms with Gasteiger partial charge < -0.3 is 10.1 Å². The Kier molecular flexibility index (Phi) is 8.28. The van der Waals surface area contributed by atoms with Crippen molar-refractivity contribution in [2.24, 2.45) is 0 Å². The molecule has 172 valence electrons. The van der Waals surface area contributed by atoms with Crippen LogP contribution in [0.4, 0.5) is 0 Å². The number of ether oxygens (including phenoxy) is 1. The van der Waals surface area contributed by atoms with Crippen LogP contribution in [0.3, 0.4) is 0 Å². The number of carbonyl (C=O) groups is 2. The maximum Gasteiger partial charge on any atom is 0.305 e. The quantitative estimate of drug-likeness (QED) is 0.587. The Bertz CT molecular complexity index is 1040. The fourth-order valence-corrected chi connectivity index (χ4v) is 5.37. The molecule has 1 N–H and O–H groups in total. The predicted octanol–water partition coefficient (Wildman–Crippen LogP) is 3.31. The van der Waals surface area contributed by atoms with Gasteiger partial charge in [-0.25, -0.2) is 8.42 Å². The fourth-order valence-electron chi connectivity index (χ4n) is 3.64. The van der Waals surface area contributed by atoms with E-state index in [0.717, 1.165) is 24.0 Å². The number of benzene rings is 2. The lowest BCUT2D eigenvalue weighted by atomic mass is 10.1. The first-order chi connectivity index (χ1) is 15.3. The molecule has 0 aromatic heterocycles. The van der Waals surface area contributed by atoms with E-state index in [-0.39, 0.29) is 29.7 Å². The molecule has 0 radical (unpaired) electrons. The van der Waals surface area contributed by atoms with Crippen molar-refractivity contribution in [3.63, 3.8) is 0 Å². The summed E-state index contributed by atoms with van der Waals surface area (Å²) in [5.41, 5.74) is 1.69. The molecule has 7 nitrogen and oxygen atoms in total. The highest BCUT2D eigenvalue weighted by molar-refractivity contribution is 7.89. The van der Waals surface area contributed by atoms with Crippen LogP contribution < -0.4 is 5.32 Å². The monoisotopic (exact) mass is 478 g/mol. The third kappa shape index (κ3) is 6.09. The molecule has 2 aromatic carbocycles. The number of sulfonamides is 1. The highest BCUT2D eigenvalue weighted by atomic mass is 35.5. The summed E-state index contributed by atoms with van der Waals surface area (Å²) in [4.78, 5) is 24.2. The molecule has 1 unspecified atom stereocenters. The highest BCUT2D eigenvalue weighted by Gasteiger charge is 2.36. The number of rotatable bonds is 8. The van der Waals surface area contributed by atoms with Crippen molar-refractivity contribution in [2.75, 3.05) is 13.7 Å². The number of carbonyl (C=O) groups excluding carboxylic acids is 2. The number of aryl methyl sites for hydroxylation is 1. The first-order valence-corrected chi connectivity index (χ1v) is 12.3. The molecular formula is C23H27ClN2O5S. The predicted molar refractivity (Wildman–Crippen MR) is 122 cm³/mol. The Morgan fingerprint density at radius 1 is 1.09 bits per heavy atom. The second-order valence-electron chi connectivity index (χ2n) is 7.70. The van der Waals surface area contributed by atoms with Crippen LogP contribution in [0.5, 0.6) is 0 Å². The van der Waals surface area contributed by atoms with Crippen molar-refractivity contribution < 1.29 is 22.7 Å². The minimum atomic E-state index is -3.95. The largest absolute Gasteiger partial charge is 0.469 e. The van der Waals surface area contributed by atoms with Gasteiger partial charge in [0.25, 0.3) is 0 Å². The summed E-state index contributed by atoms with van der Waals surface area (Å²) in [6, 6.07) is 12.5. The molecule has 1 aliphatic rings. The molecule has 1 heterocycles. The van der Waals surface area contributed by atoms with Gasteiger partial charge in [-0.3, -0.25) is 9.59 Å². The van der Waals surface area contributed by atoms with Crippen LogP contribution in [0.1, 0.15) is 36.8 Å². The highest BCUT2D eigenvalue weighted by Crippen LogP contribution is 2.26. The van der Waals surface area contributed by atoms with E-state index in [4.69, 9.17) is 11.6 Å². The number of methoxy groups -OCH3 is 1. The van der Waals surface area contributed by atoms with Crippen LogP contribution in [-0.2, 0) is 37.3 Å². The van der Waals surface area contributed by atoms with Crippen molar-refractivity contribution >= 4 is 33.5 Å². The molecule has 3 rings (SSSR count). The lowest BCUT2D eigenvalue weighted by molar-refractivity contribution is -0.140. The Hall–Kier alpha value is -2.42. The topological polar surface area (TPSA) is 92.8 Å². The molecule has 0 spiro atoms. The van der Waals surface area contributed by atoms with Gasteiger partial charge in [0.05, 0.1) is 12.0 Å².